The zero-order chi connectivity index (χ0) is 33.7. The monoisotopic (exact) mass is 649 g/mol. The number of para-hydroxylation sites is 1. The van der Waals surface area contributed by atoms with Crippen LogP contribution in [0, 0.1) is 11.8 Å². The van der Waals surface area contributed by atoms with E-state index in [0.717, 1.165) is 24.7 Å². The number of nitrogens with zero attached hydrogens (tertiary/aromatic N) is 1. The van der Waals surface area contributed by atoms with Crippen molar-refractivity contribution in [3.8, 4) is 33.4 Å². The van der Waals surface area contributed by atoms with E-state index in [0.29, 0.717) is 5.92 Å². The molecule has 0 N–H and O–H groups in total. The first kappa shape index (κ1) is 31.1. The number of hydrogen-bond donors (Lipinski definition) is 0. The van der Waals surface area contributed by atoms with Crippen molar-refractivity contribution in [2.45, 2.75) is 70.1 Å². The van der Waals surface area contributed by atoms with E-state index in [9.17, 15) is 0 Å². The maximum atomic E-state index is 2.57. The molecule has 2 bridgehead atoms. The Morgan fingerprint density at radius 2 is 1.08 bits per heavy atom. The molecular weight excluding hydrogens is 603 g/mol. The molecule has 6 aromatic carbocycles. The predicted octanol–water partition coefficient (Wildman–Crippen LogP) is 13.9. The average Bonchev–Trinajstić information content (AvgIpc) is 3.48. The van der Waals surface area contributed by atoms with E-state index in [1.54, 1.807) is 0 Å². The lowest BCUT2D eigenvalue weighted by Crippen LogP contribution is -2.29. The summed E-state index contributed by atoms with van der Waals surface area (Å²) < 4.78 is 0. The molecule has 4 aliphatic carbocycles. The van der Waals surface area contributed by atoms with Gasteiger partial charge >= 0.3 is 0 Å². The summed E-state index contributed by atoms with van der Waals surface area (Å²) in [5, 5.41) is 0. The molecule has 1 unspecified atom stereocenters. The minimum absolute atomic E-state index is 0.00102. The van der Waals surface area contributed by atoms with Crippen LogP contribution in [0.5, 0.6) is 0 Å². The number of hydrogen-bond acceptors (Lipinski definition) is 1. The summed E-state index contributed by atoms with van der Waals surface area (Å²) in [7, 11) is 0. The highest BCUT2D eigenvalue weighted by Gasteiger charge is 2.41. The Hall–Kier alpha value is -4.88. The third-order valence-electron chi connectivity index (χ3n) is 12.8. The summed E-state index contributed by atoms with van der Waals surface area (Å²) in [6.07, 6.45) is 9.19. The third-order valence-corrected chi connectivity index (χ3v) is 12.8. The highest BCUT2D eigenvalue weighted by molar-refractivity contribution is 5.98. The number of benzene rings is 6. The van der Waals surface area contributed by atoms with Crippen LogP contribution in [0.1, 0.15) is 81.4 Å². The van der Waals surface area contributed by atoms with Crippen molar-refractivity contribution in [2.75, 3.05) is 4.90 Å². The molecule has 248 valence electrons. The van der Waals surface area contributed by atoms with Crippen molar-refractivity contribution in [3.05, 3.63) is 162 Å². The van der Waals surface area contributed by atoms with Crippen molar-refractivity contribution in [3.63, 3.8) is 0 Å². The highest BCUT2D eigenvalue weighted by atomic mass is 15.1. The second-order valence-corrected chi connectivity index (χ2v) is 15.0. The normalized spacial score (nSPS) is 19.9. The quantitative estimate of drug-likeness (QED) is 0.159. The largest absolute Gasteiger partial charge is 0.309 e. The molecule has 0 saturated heterocycles. The van der Waals surface area contributed by atoms with Gasteiger partial charge in [-0.15, -0.1) is 0 Å². The molecule has 0 aromatic heterocycles. The van der Waals surface area contributed by atoms with E-state index in [4.69, 9.17) is 0 Å². The van der Waals surface area contributed by atoms with E-state index in [1.807, 2.05) is 0 Å². The SMILES string of the molecule is CCC1(CC)c2ccccc2-c2ccc(N(c3ccc(C4CC5CCC4CC5)cc3)c3c(-c4ccccc4)cccc3-c3ccccc3)cc21. The van der Waals surface area contributed by atoms with Crippen molar-refractivity contribution < 1.29 is 0 Å². The molecule has 3 fully saturated rings. The maximum Gasteiger partial charge on any atom is 0.0618 e. The van der Waals surface area contributed by atoms with Crippen LogP contribution in [0.4, 0.5) is 17.1 Å². The van der Waals surface area contributed by atoms with Gasteiger partial charge in [-0.25, -0.2) is 0 Å². The minimum atomic E-state index is -0.00102. The molecule has 0 aliphatic heterocycles. The molecule has 3 saturated carbocycles. The molecule has 50 heavy (non-hydrogen) atoms. The lowest BCUT2D eigenvalue weighted by atomic mass is 9.63. The van der Waals surface area contributed by atoms with Gasteiger partial charge in [0.15, 0.2) is 0 Å². The first-order valence-electron chi connectivity index (χ1n) is 19.1. The maximum absolute atomic E-state index is 2.57. The van der Waals surface area contributed by atoms with Crippen LogP contribution >= 0.6 is 0 Å². The predicted molar refractivity (Wildman–Crippen MR) is 212 cm³/mol. The van der Waals surface area contributed by atoms with Crippen LogP contribution < -0.4 is 4.90 Å². The Balaban J connectivity index is 1.27. The second kappa shape index (κ2) is 12.8. The Labute approximate surface area is 298 Å². The van der Waals surface area contributed by atoms with Crippen LogP contribution in [-0.2, 0) is 5.41 Å². The lowest BCUT2D eigenvalue weighted by Gasteiger charge is -2.42. The smallest absolute Gasteiger partial charge is 0.0618 e. The minimum Gasteiger partial charge on any atom is -0.309 e. The van der Waals surface area contributed by atoms with Gasteiger partial charge in [-0.05, 0) is 113 Å². The average molecular weight is 650 g/mol. The van der Waals surface area contributed by atoms with Crippen molar-refractivity contribution >= 4 is 17.1 Å². The van der Waals surface area contributed by atoms with Crippen LogP contribution in [0.2, 0.25) is 0 Å². The number of fused-ring (bicyclic) bond motifs is 6. The summed E-state index contributed by atoms with van der Waals surface area (Å²) >= 11 is 0. The van der Waals surface area contributed by atoms with E-state index >= 15 is 0 Å². The lowest BCUT2D eigenvalue weighted by molar-refractivity contribution is 0.145. The summed E-state index contributed by atoms with van der Waals surface area (Å²) in [5.74, 6) is 2.47. The molecule has 1 atom stereocenters. The molecule has 0 amide bonds. The third kappa shape index (κ3) is 5.05. The summed E-state index contributed by atoms with van der Waals surface area (Å²) in [6, 6.07) is 55.0. The summed E-state index contributed by atoms with van der Waals surface area (Å²) in [6.45, 7) is 4.74. The van der Waals surface area contributed by atoms with E-state index in [-0.39, 0.29) is 5.41 Å². The molecule has 0 radical (unpaired) electrons. The van der Waals surface area contributed by atoms with Gasteiger partial charge in [0.2, 0.25) is 0 Å². The van der Waals surface area contributed by atoms with Crippen LogP contribution in [0.15, 0.2) is 146 Å². The molecule has 1 heteroatoms. The molecule has 1 nitrogen and oxygen atoms in total. The molecule has 0 spiro atoms. The van der Waals surface area contributed by atoms with Gasteiger partial charge in [0.05, 0.1) is 5.69 Å². The fourth-order valence-corrected chi connectivity index (χ4v) is 10.1. The van der Waals surface area contributed by atoms with Gasteiger partial charge in [0, 0.05) is 27.9 Å². The molecule has 10 rings (SSSR count). The first-order valence-corrected chi connectivity index (χ1v) is 19.1. The van der Waals surface area contributed by atoms with Gasteiger partial charge < -0.3 is 4.90 Å². The van der Waals surface area contributed by atoms with Crippen LogP contribution in [0.3, 0.4) is 0 Å². The Morgan fingerprint density at radius 1 is 0.520 bits per heavy atom. The van der Waals surface area contributed by atoms with Crippen molar-refractivity contribution in [1.82, 2.24) is 0 Å². The summed E-state index contributed by atoms with van der Waals surface area (Å²) in [4.78, 5) is 2.57. The van der Waals surface area contributed by atoms with Crippen molar-refractivity contribution in [2.24, 2.45) is 11.8 Å². The fourth-order valence-electron chi connectivity index (χ4n) is 10.1. The summed E-state index contributed by atoms with van der Waals surface area (Å²) in [5.41, 5.74) is 15.8. The molecule has 0 heterocycles. The van der Waals surface area contributed by atoms with E-state index < -0.39 is 0 Å². The molecule has 4 aliphatic rings. The topological polar surface area (TPSA) is 3.24 Å². The van der Waals surface area contributed by atoms with E-state index in [1.165, 1.54) is 99.2 Å². The van der Waals surface area contributed by atoms with Gasteiger partial charge in [0.25, 0.3) is 0 Å². The zero-order valence-electron chi connectivity index (χ0n) is 29.5. The second-order valence-electron chi connectivity index (χ2n) is 15.0. The van der Waals surface area contributed by atoms with E-state index in [2.05, 4.69) is 164 Å². The van der Waals surface area contributed by atoms with Gasteiger partial charge in [0.1, 0.15) is 0 Å². The van der Waals surface area contributed by atoms with Crippen molar-refractivity contribution in [1.29, 1.82) is 0 Å². The zero-order valence-corrected chi connectivity index (χ0v) is 29.5. The van der Waals surface area contributed by atoms with Crippen LogP contribution in [-0.4, -0.2) is 0 Å². The van der Waals surface area contributed by atoms with Gasteiger partial charge in [-0.2, -0.15) is 0 Å². The van der Waals surface area contributed by atoms with Gasteiger partial charge in [-0.1, -0.05) is 148 Å². The fraction of sp³-hybridized carbons (Fsp3) is 0.265. The highest BCUT2D eigenvalue weighted by Crippen LogP contribution is 2.55. The first-order chi connectivity index (χ1) is 24.7. The Bertz CT molecular complexity index is 2060. The number of rotatable bonds is 8. The Morgan fingerprint density at radius 3 is 1.68 bits per heavy atom. The molecule has 6 aromatic rings. The van der Waals surface area contributed by atoms with Gasteiger partial charge in [-0.3, -0.25) is 0 Å². The van der Waals surface area contributed by atoms with Crippen LogP contribution in [0.25, 0.3) is 33.4 Å². The standard InChI is InChI=1S/C49H47N/c1-3-49(4-2)46-21-12-11-18-43(46)44-31-30-40(33-47(44)49)50(39-28-26-38(27-29-39)45-32-34-22-24-37(45)25-23-34)48-41(35-14-7-5-8-15-35)19-13-20-42(48)36-16-9-6-10-17-36/h5-21,26-31,33-34,37,45H,3-4,22-25,32H2,1-2H3. The Kier molecular flexibility index (Phi) is 7.96. The molecular formula is C49H47N. The number of anilines is 3.